The average molecular weight is 392 g/mol. The second-order valence-electron chi connectivity index (χ2n) is 5.77. The van der Waals surface area contributed by atoms with E-state index in [1.807, 2.05) is 72.1 Å². The first-order chi connectivity index (χ1) is 13.2. The molecule has 0 aliphatic rings. The van der Waals surface area contributed by atoms with Gasteiger partial charge in [-0.3, -0.25) is 10.1 Å². The van der Waals surface area contributed by atoms with E-state index < -0.39 is 0 Å². The van der Waals surface area contributed by atoms with E-state index in [0.29, 0.717) is 15.6 Å². The quantitative estimate of drug-likeness (QED) is 0.480. The van der Waals surface area contributed by atoms with Crippen molar-refractivity contribution in [1.82, 2.24) is 9.97 Å². The molecule has 0 aliphatic heterocycles. The number of nitrogens with zero attached hydrogens (tertiary/aromatic N) is 2. The standard InChI is InChI=1S/C21H14ClN3OS/c22-16-10-8-15(9-11-16)18-13-17(14-5-2-1-3-6-14)23-21(24-18)25-20(26)19-7-4-12-27-19/h1-13H,(H,23,24,25,26). The highest BCUT2D eigenvalue weighted by Crippen LogP contribution is 2.26. The predicted molar refractivity (Wildman–Crippen MR) is 110 cm³/mol. The molecule has 4 nitrogen and oxygen atoms in total. The van der Waals surface area contributed by atoms with Crippen LogP contribution in [0.1, 0.15) is 9.67 Å². The fourth-order valence-electron chi connectivity index (χ4n) is 2.60. The average Bonchev–Trinajstić information content (AvgIpc) is 3.24. The highest BCUT2D eigenvalue weighted by molar-refractivity contribution is 7.12. The smallest absolute Gasteiger partial charge is 0.268 e. The third kappa shape index (κ3) is 4.05. The molecule has 1 amide bonds. The normalized spacial score (nSPS) is 10.6. The van der Waals surface area contributed by atoms with Crippen LogP contribution in [0, 0.1) is 0 Å². The van der Waals surface area contributed by atoms with Crippen LogP contribution in [0.3, 0.4) is 0 Å². The zero-order chi connectivity index (χ0) is 18.6. The van der Waals surface area contributed by atoms with Crippen LogP contribution < -0.4 is 5.32 Å². The number of rotatable bonds is 4. The summed E-state index contributed by atoms with van der Waals surface area (Å²) in [7, 11) is 0. The number of nitrogens with one attached hydrogen (secondary N) is 1. The lowest BCUT2D eigenvalue weighted by molar-refractivity contribution is 0.102. The van der Waals surface area contributed by atoms with Gasteiger partial charge < -0.3 is 0 Å². The second kappa shape index (κ2) is 7.70. The Labute approximate surface area is 165 Å². The lowest BCUT2D eigenvalue weighted by atomic mass is 10.1. The Morgan fingerprint density at radius 1 is 0.852 bits per heavy atom. The molecule has 4 rings (SSSR count). The van der Waals surface area contributed by atoms with Crippen LogP contribution in [-0.2, 0) is 0 Å². The fraction of sp³-hybridized carbons (Fsp3) is 0. The van der Waals surface area contributed by atoms with E-state index in [2.05, 4.69) is 15.3 Å². The molecule has 132 valence electrons. The number of amides is 1. The number of aromatic nitrogens is 2. The molecule has 0 atom stereocenters. The van der Waals surface area contributed by atoms with Crippen molar-refractivity contribution in [2.75, 3.05) is 5.32 Å². The maximum absolute atomic E-state index is 12.4. The number of halogens is 1. The van der Waals surface area contributed by atoms with Crippen molar-refractivity contribution >= 4 is 34.8 Å². The summed E-state index contributed by atoms with van der Waals surface area (Å²) < 4.78 is 0. The van der Waals surface area contributed by atoms with Crippen molar-refractivity contribution in [1.29, 1.82) is 0 Å². The molecule has 2 heterocycles. The first-order valence-corrected chi connectivity index (χ1v) is 9.50. The van der Waals surface area contributed by atoms with E-state index >= 15 is 0 Å². The van der Waals surface area contributed by atoms with E-state index in [0.717, 1.165) is 16.8 Å². The van der Waals surface area contributed by atoms with Gasteiger partial charge in [-0.15, -0.1) is 11.3 Å². The van der Waals surface area contributed by atoms with Crippen molar-refractivity contribution < 1.29 is 4.79 Å². The van der Waals surface area contributed by atoms with Crippen molar-refractivity contribution in [3.05, 3.63) is 88.1 Å². The Morgan fingerprint density at radius 3 is 2.15 bits per heavy atom. The first-order valence-electron chi connectivity index (χ1n) is 8.24. The zero-order valence-electron chi connectivity index (χ0n) is 14.1. The molecule has 0 spiro atoms. The highest BCUT2D eigenvalue weighted by atomic mass is 35.5. The number of carbonyl (C=O) groups is 1. The number of hydrogen-bond acceptors (Lipinski definition) is 4. The molecule has 1 N–H and O–H groups in total. The van der Waals surface area contributed by atoms with Gasteiger partial charge in [0.15, 0.2) is 0 Å². The number of thiophene rings is 1. The van der Waals surface area contributed by atoms with Gasteiger partial charge in [-0.2, -0.15) is 0 Å². The van der Waals surface area contributed by atoms with Gasteiger partial charge in [-0.25, -0.2) is 9.97 Å². The van der Waals surface area contributed by atoms with Crippen LogP contribution in [-0.4, -0.2) is 15.9 Å². The molecule has 0 saturated heterocycles. The van der Waals surface area contributed by atoms with Gasteiger partial charge in [0.2, 0.25) is 5.95 Å². The van der Waals surface area contributed by atoms with E-state index in [9.17, 15) is 4.79 Å². The lowest BCUT2D eigenvalue weighted by Gasteiger charge is -2.09. The van der Waals surface area contributed by atoms with Crippen molar-refractivity contribution in [3.63, 3.8) is 0 Å². The molecule has 2 aromatic heterocycles. The molecule has 0 fully saturated rings. The Morgan fingerprint density at radius 2 is 1.52 bits per heavy atom. The topological polar surface area (TPSA) is 54.9 Å². The van der Waals surface area contributed by atoms with Crippen LogP contribution in [0.25, 0.3) is 22.5 Å². The van der Waals surface area contributed by atoms with E-state index in [4.69, 9.17) is 11.6 Å². The molecule has 2 aromatic carbocycles. The number of benzene rings is 2. The van der Waals surface area contributed by atoms with Gasteiger partial charge in [0.25, 0.3) is 5.91 Å². The second-order valence-corrected chi connectivity index (χ2v) is 7.15. The fourth-order valence-corrected chi connectivity index (χ4v) is 3.34. The maximum atomic E-state index is 12.4. The summed E-state index contributed by atoms with van der Waals surface area (Å²) in [5.74, 6) is 0.0389. The molecule has 0 unspecified atom stereocenters. The number of carbonyl (C=O) groups excluding carboxylic acids is 1. The summed E-state index contributed by atoms with van der Waals surface area (Å²) in [5, 5.41) is 5.31. The zero-order valence-corrected chi connectivity index (χ0v) is 15.7. The largest absolute Gasteiger partial charge is 0.290 e. The summed E-state index contributed by atoms with van der Waals surface area (Å²) in [5.41, 5.74) is 3.28. The molecule has 4 aromatic rings. The molecule has 0 aliphatic carbocycles. The predicted octanol–water partition coefficient (Wildman–Crippen LogP) is 5.78. The lowest BCUT2D eigenvalue weighted by Crippen LogP contribution is -2.13. The molecular weight excluding hydrogens is 378 g/mol. The van der Waals surface area contributed by atoms with Crippen LogP contribution in [0.5, 0.6) is 0 Å². The molecule has 0 radical (unpaired) electrons. The molecule has 6 heteroatoms. The summed E-state index contributed by atoms with van der Waals surface area (Å²) in [4.78, 5) is 22.1. The first kappa shape index (κ1) is 17.4. The van der Waals surface area contributed by atoms with Crippen molar-refractivity contribution in [3.8, 4) is 22.5 Å². The highest BCUT2D eigenvalue weighted by Gasteiger charge is 2.13. The monoisotopic (exact) mass is 391 g/mol. The minimum Gasteiger partial charge on any atom is -0.290 e. The van der Waals surface area contributed by atoms with Gasteiger partial charge >= 0.3 is 0 Å². The Bertz CT molecular complexity index is 1060. The van der Waals surface area contributed by atoms with Gasteiger partial charge in [-0.05, 0) is 29.6 Å². The summed E-state index contributed by atoms with van der Waals surface area (Å²) in [6.07, 6.45) is 0. The number of anilines is 1. The third-order valence-electron chi connectivity index (χ3n) is 3.91. The maximum Gasteiger partial charge on any atom is 0.268 e. The van der Waals surface area contributed by atoms with Gasteiger partial charge in [-0.1, -0.05) is 60.1 Å². The Hall–Kier alpha value is -3.02. The minimum atomic E-state index is -0.225. The number of hydrogen-bond donors (Lipinski definition) is 1. The van der Waals surface area contributed by atoms with E-state index in [-0.39, 0.29) is 11.9 Å². The summed E-state index contributed by atoms with van der Waals surface area (Å²) >= 11 is 7.37. The summed E-state index contributed by atoms with van der Waals surface area (Å²) in [6.45, 7) is 0. The van der Waals surface area contributed by atoms with Crippen LogP contribution in [0.4, 0.5) is 5.95 Å². The Balaban J connectivity index is 1.76. The summed E-state index contributed by atoms with van der Waals surface area (Å²) in [6, 6.07) is 22.7. The van der Waals surface area contributed by atoms with Crippen LogP contribution in [0.15, 0.2) is 78.2 Å². The van der Waals surface area contributed by atoms with Crippen LogP contribution >= 0.6 is 22.9 Å². The van der Waals surface area contributed by atoms with Crippen molar-refractivity contribution in [2.24, 2.45) is 0 Å². The Kier molecular flexibility index (Phi) is 4.96. The molecule has 0 saturated carbocycles. The molecule has 0 bridgehead atoms. The SMILES string of the molecule is O=C(Nc1nc(-c2ccccc2)cc(-c2ccc(Cl)cc2)n1)c1cccs1. The minimum absolute atomic E-state index is 0.225. The van der Waals surface area contributed by atoms with E-state index in [1.165, 1.54) is 11.3 Å². The van der Waals surface area contributed by atoms with Crippen LogP contribution in [0.2, 0.25) is 5.02 Å². The van der Waals surface area contributed by atoms with Gasteiger partial charge in [0, 0.05) is 16.1 Å². The van der Waals surface area contributed by atoms with Crippen molar-refractivity contribution in [2.45, 2.75) is 0 Å². The molecular formula is C21H14ClN3OS. The van der Waals surface area contributed by atoms with Gasteiger partial charge in [0.1, 0.15) is 0 Å². The van der Waals surface area contributed by atoms with Gasteiger partial charge in [0.05, 0.1) is 16.3 Å². The molecule has 27 heavy (non-hydrogen) atoms. The third-order valence-corrected chi connectivity index (χ3v) is 5.03. The van der Waals surface area contributed by atoms with E-state index in [1.54, 1.807) is 6.07 Å².